The number of nitrogens with one attached hydrogen (secondary N) is 1. The number of likely N-dealkylation sites (tertiary alicyclic amines) is 1. The van der Waals surface area contributed by atoms with Crippen LogP contribution >= 0.6 is 11.6 Å². The Hall–Kier alpha value is -1.06. The van der Waals surface area contributed by atoms with Crippen molar-refractivity contribution < 1.29 is 4.79 Å². The van der Waals surface area contributed by atoms with Gasteiger partial charge in [0, 0.05) is 23.5 Å². The van der Waals surface area contributed by atoms with Crippen LogP contribution in [0.25, 0.3) is 0 Å². The van der Waals surface area contributed by atoms with Crippen LogP contribution < -0.4 is 5.32 Å². The first-order valence-electron chi connectivity index (χ1n) is 7.98. The Balaban J connectivity index is 1.45. The van der Waals surface area contributed by atoms with Gasteiger partial charge in [0.1, 0.15) is 0 Å². The molecule has 3 rings (SSSR count). The number of halogens is 1. The Kier molecular flexibility index (Phi) is 4.81. The molecule has 114 valence electrons. The van der Waals surface area contributed by atoms with E-state index >= 15 is 0 Å². The first-order valence-corrected chi connectivity index (χ1v) is 8.36. The maximum absolute atomic E-state index is 12.2. The third kappa shape index (κ3) is 3.98. The van der Waals surface area contributed by atoms with Gasteiger partial charge < -0.3 is 5.32 Å². The average molecular weight is 307 g/mol. The van der Waals surface area contributed by atoms with Crippen LogP contribution in [0.1, 0.15) is 37.7 Å². The van der Waals surface area contributed by atoms with Crippen LogP contribution in [0.5, 0.6) is 0 Å². The van der Waals surface area contributed by atoms with Gasteiger partial charge in [0.15, 0.2) is 0 Å². The molecule has 0 aromatic heterocycles. The zero-order valence-electron chi connectivity index (χ0n) is 12.4. The summed E-state index contributed by atoms with van der Waals surface area (Å²) < 4.78 is 0. The largest absolute Gasteiger partial charge is 0.353 e. The average Bonchev–Trinajstić information content (AvgIpc) is 2.43. The molecule has 1 aromatic rings. The molecule has 4 heteroatoms. The molecule has 1 aliphatic heterocycles. The summed E-state index contributed by atoms with van der Waals surface area (Å²) in [6.45, 7) is 2.92. The highest BCUT2D eigenvalue weighted by Crippen LogP contribution is 2.23. The minimum atomic E-state index is 0.209. The molecular formula is C17H23ClN2O. The Morgan fingerprint density at radius 2 is 2.00 bits per heavy atom. The van der Waals surface area contributed by atoms with Gasteiger partial charge in [0.2, 0.25) is 5.91 Å². The highest BCUT2D eigenvalue weighted by molar-refractivity contribution is 6.30. The topological polar surface area (TPSA) is 32.3 Å². The molecule has 1 saturated heterocycles. The van der Waals surface area contributed by atoms with Crippen LogP contribution in [-0.4, -0.2) is 29.9 Å². The standard InChI is InChI=1S/C17H23ClN2O/c18-15-4-1-3-13(11-15)12-20-9-7-14(8-10-20)17(21)19-16-5-2-6-16/h1,3-4,11,14,16H,2,5-10,12H2,(H,19,21). The van der Waals surface area contributed by atoms with Crippen molar-refractivity contribution in [2.24, 2.45) is 5.92 Å². The fourth-order valence-corrected chi connectivity index (χ4v) is 3.33. The van der Waals surface area contributed by atoms with E-state index in [1.807, 2.05) is 18.2 Å². The van der Waals surface area contributed by atoms with E-state index in [-0.39, 0.29) is 11.8 Å². The Morgan fingerprint density at radius 1 is 1.24 bits per heavy atom. The van der Waals surface area contributed by atoms with Gasteiger partial charge in [-0.25, -0.2) is 0 Å². The summed E-state index contributed by atoms with van der Waals surface area (Å²) in [6, 6.07) is 8.50. The predicted molar refractivity (Wildman–Crippen MR) is 85.2 cm³/mol. The molecule has 1 heterocycles. The van der Waals surface area contributed by atoms with Crippen molar-refractivity contribution in [1.82, 2.24) is 10.2 Å². The van der Waals surface area contributed by atoms with Crippen molar-refractivity contribution in [1.29, 1.82) is 0 Å². The molecule has 2 aliphatic rings. The van der Waals surface area contributed by atoms with Crippen LogP contribution in [0.2, 0.25) is 5.02 Å². The second kappa shape index (κ2) is 6.80. The first-order chi connectivity index (χ1) is 10.2. The highest BCUT2D eigenvalue weighted by Gasteiger charge is 2.28. The van der Waals surface area contributed by atoms with E-state index in [2.05, 4.69) is 16.3 Å². The SMILES string of the molecule is O=C(NC1CCC1)C1CCN(Cc2cccc(Cl)c2)CC1. The van der Waals surface area contributed by atoms with Gasteiger partial charge in [0.25, 0.3) is 0 Å². The molecule has 0 bridgehead atoms. The zero-order chi connectivity index (χ0) is 14.7. The lowest BCUT2D eigenvalue weighted by atomic mass is 9.90. The van der Waals surface area contributed by atoms with E-state index in [1.54, 1.807) is 0 Å². The predicted octanol–water partition coefficient (Wildman–Crippen LogP) is 3.22. The monoisotopic (exact) mass is 306 g/mol. The fourth-order valence-electron chi connectivity index (χ4n) is 3.12. The molecule has 0 unspecified atom stereocenters. The summed E-state index contributed by atoms with van der Waals surface area (Å²) in [5.41, 5.74) is 1.25. The lowest BCUT2D eigenvalue weighted by molar-refractivity contribution is -0.127. The van der Waals surface area contributed by atoms with Crippen molar-refractivity contribution in [3.63, 3.8) is 0 Å². The molecule has 1 saturated carbocycles. The normalized spacial score (nSPS) is 21.0. The Morgan fingerprint density at radius 3 is 2.62 bits per heavy atom. The minimum absolute atomic E-state index is 0.209. The molecule has 1 aliphatic carbocycles. The van der Waals surface area contributed by atoms with E-state index in [0.717, 1.165) is 37.5 Å². The number of hydrogen-bond donors (Lipinski definition) is 1. The molecule has 0 atom stereocenters. The molecule has 2 fully saturated rings. The molecule has 0 spiro atoms. The van der Waals surface area contributed by atoms with Crippen LogP contribution in [0, 0.1) is 5.92 Å². The lowest BCUT2D eigenvalue weighted by Gasteiger charge is -2.33. The number of amides is 1. The molecule has 1 amide bonds. The number of benzene rings is 1. The second-order valence-corrected chi connectivity index (χ2v) is 6.75. The first kappa shape index (κ1) is 14.9. The summed E-state index contributed by atoms with van der Waals surface area (Å²) in [6.07, 6.45) is 5.54. The van der Waals surface area contributed by atoms with E-state index in [0.29, 0.717) is 6.04 Å². The lowest BCUT2D eigenvalue weighted by Crippen LogP contribution is -2.45. The molecule has 1 aromatic carbocycles. The van der Waals surface area contributed by atoms with E-state index in [1.165, 1.54) is 24.8 Å². The number of carbonyl (C=O) groups excluding carboxylic acids is 1. The third-order valence-electron chi connectivity index (χ3n) is 4.71. The number of carbonyl (C=O) groups is 1. The van der Waals surface area contributed by atoms with Gasteiger partial charge in [-0.1, -0.05) is 23.7 Å². The van der Waals surface area contributed by atoms with Crippen LogP contribution in [0.3, 0.4) is 0 Å². The van der Waals surface area contributed by atoms with Gasteiger partial charge in [-0.15, -0.1) is 0 Å². The van der Waals surface area contributed by atoms with Crippen molar-refractivity contribution in [2.75, 3.05) is 13.1 Å². The van der Waals surface area contributed by atoms with Gasteiger partial charge in [-0.3, -0.25) is 9.69 Å². The minimum Gasteiger partial charge on any atom is -0.353 e. The van der Waals surface area contributed by atoms with Gasteiger partial charge in [-0.2, -0.15) is 0 Å². The maximum atomic E-state index is 12.2. The summed E-state index contributed by atoms with van der Waals surface area (Å²) in [5.74, 6) is 0.489. The van der Waals surface area contributed by atoms with Crippen LogP contribution in [-0.2, 0) is 11.3 Å². The fraction of sp³-hybridized carbons (Fsp3) is 0.588. The van der Waals surface area contributed by atoms with Crippen molar-refractivity contribution >= 4 is 17.5 Å². The number of hydrogen-bond acceptors (Lipinski definition) is 2. The molecule has 0 radical (unpaired) electrons. The Labute approximate surface area is 131 Å². The molecule has 3 nitrogen and oxygen atoms in total. The van der Waals surface area contributed by atoms with Crippen LogP contribution in [0.4, 0.5) is 0 Å². The molecule has 21 heavy (non-hydrogen) atoms. The summed E-state index contributed by atoms with van der Waals surface area (Å²) in [7, 11) is 0. The smallest absolute Gasteiger partial charge is 0.223 e. The van der Waals surface area contributed by atoms with Gasteiger partial charge >= 0.3 is 0 Å². The quantitative estimate of drug-likeness (QED) is 0.926. The number of nitrogens with zero attached hydrogens (tertiary/aromatic N) is 1. The number of piperidine rings is 1. The van der Waals surface area contributed by atoms with E-state index in [4.69, 9.17) is 11.6 Å². The van der Waals surface area contributed by atoms with Crippen LogP contribution in [0.15, 0.2) is 24.3 Å². The highest BCUT2D eigenvalue weighted by atomic mass is 35.5. The van der Waals surface area contributed by atoms with Gasteiger partial charge in [-0.05, 0) is 62.9 Å². The molecular weight excluding hydrogens is 284 g/mol. The third-order valence-corrected chi connectivity index (χ3v) is 4.94. The molecule has 1 N–H and O–H groups in total. The van der Waals surface area contributed by atoms with Crippen molar-refractivity contribution in [3.8, 4) is 0 Å². The second-order valence-electron chi connectivity index (χ2n) is 6.32. The number of rotatable bonds is 4. The Bertz CT molecular complexity index is 493. The van der Waals surface area contributed by atoms with Crippen molar-refractivity contribution in [2.45, 2.75) is 44.7 Å². The maximum Gasteiger partial charge on any atom is 0.223 e. The van der Waals surface area contributed by atoms with Gasteiger partial charge in [0.05, 0.1) is 0 Å². The van der Waals surface area contributed by atoms with E-state index in [9.17, 15) is 4.79 Å². The summed E-state index contributed by atoms with van der Waals surface area (Å²) in [4.78, 5) is 14.6. The van der Waals surface area contributed by atoms with Crippen molar-refractivity contribution in [3.05, 3.63) is 34.9 Å². The summed E-state index contributed by atoms with van der Waals surface area (Å²) >= 11 is 6.02. The zero-order valence-corrected chi connectivity index (χ0v) is 13.1. The summed E-state index contributed by atoms with van der Waals surface area (Å²) in [5, 5.41) is 3.98. The van der Waals surface area contributed by atoms with E-state index < -0.39 is 0 Å².